The van der Waals surface area contributed by atoms with Crippen LogP contribution in [0.5, 0.6) is 0 Å². The molecule has 0 fully saturated rings. The highest BCUT2D eigenvalue weighted by Crippen LogP contribution is 2.31. The zero-order chi connectivity index (χ0) is 10.6. The second-order valence-corrected chi connectivity index (χ2v) is 4.86. The Balaban J connectivity index is 2.34. The molecule has 0 aromatic rings. The average Bonchev–Trinajstić information content (AvgIpc) is 2.18. The third-order valence-corrected chi connectivity index (χ3v) is 3.60. The summed E-state index contributed by atoms with van der Waals surface area (Å²) in [6.07, 6.45) is 7.97. The van der Waals surface area contributed by atoms with Gasteiger partial charge in [0.15, 0.2) is 0 Å². The molecule has 0 radical (unpaired) electrons. The van der Waals surface area contributed by atoms with Gasteiger partial charge in [0.05, 0.1) is 6.10 Å². The summed E-state index contributed by atoms with van der Waals surface area (Å²) in [6.45, 7) is 6.57. The summed E-state index contributed by atoms with van der Waals surface area (Å²) in [5.74, 6) is 1.48. The molecule has 14 heavy (non-hydrogen) atoms. The van der Waals surface area contributed by atoms with Crippen LogP contribution in [0.15, 0.2) is 11.6 Å². The van der Waals surface area contributed by atoms with Crippen molar-refractivity contribution in [3.8, 4) is 0 Å². The summed E-state index contributed by atoms with van der Waals surface area (Å²) < 4.78 is 0. The first kappa shape index (κ1) is 11.8. The van der Waals surface area contributed by atoms with Crippen LogP contribution in [-0.2, 0) is 0 Å². The number of aliphatic hydroxyl groups excluding tert-OH is 1. The van der Waals surface area contributed by atoms with Gasteiger partial charge in [-0.15, -0.1) is 0 Å². The van der Waals surface area contributed by atoms with Crippen molar-refractivity contribution in [2.45, 2.75) is 59.0 Å². The predicted octanol–water partition coefficient (Wildman–Crippen LogP) is 3.53. The minimum atomic E-state index is -0.0861. The zero-order valence-electron chi connectivity index (χ0n) is 9.79. The molecule has 1 heteroatoms. The first-order chi connectivity index (χ1) is 6.63. The van der Waals surface area contributed by atoms with E-state index in [1.165, 1.54) is 19.3 Å². The van der Waals surface area contributed by atoms with E-state index in [1.54, 1.807) is 5.57 Å². The van der Waals surface area contributed by atoms with Gasteiger partial charge in [0.25, 0.3) is 0 Å². The van der Waals surface area contributed by atoms with Crippen molar-refractivity contribution >= 4 is 0 Å². The molecular weight excluding hydrogens is 172 g/mol. The molecule has 0 saturated heterocycles. The van der Waals surface area contributed by atoms with Crippen LogP contribution >= 0.6 is 0 Å². The van der Waals surface area contributed by atoms with Gasteiger partial charge in [0, 0.05) is 0 Å². The second-order valence-electron chi connectivity index (χ2n) is 4.86. The second kappa shape index (κ2) is 5.55. The van der Waals surface area contributed by atoms with E-state index >= 15 is 0 Å². The van der Waals surface area contributed by atoms with Gasteiger partial charge < -0.3 is 5.11 Å². The van der Waals surface area contributed by atoms with Crippen LogP contribution < -0.4 is 0 Å². The van der Waals surface area contributed by atoms with Crippen molar-refractivity contribution in [3.05, 3.63) is 11.6 Å². The Morgan fingerprint density at radius 3 is 2.79 bits per heavy atom. The topological polar surface area (TPSA) is 20.2 Å². The van der Waals surface area contributed by atoms with Crippen molar-refractivity contribution in [2.75, 3.05) is 0 Å². The number of hydrogen-bond acceptors (Lipinski definition) is 1. The Hall–Kier alpha value is -0.300. The van der Waals surface area contributed by atoms with E-state index in [0.29, 0.717) is 5.92 Å². The molecule has 1 rings (SSSR count). The number of rotatable bonds is 4. The molecule has 1 N–H and O–H groups in total. The third kappa shape index (κ3) is 3.45. The maximum Gasteiger partial charge on any atom is 0.0540 e. The van der Waals surface area contributed by atoms with Crippen LogP contribution in [0.2, 0.25) is 0 Å². The minimum absolute atomic E-state index is 0.0861. The first-order valence-corrected chi connectivity index (χ1v) is 5.97. The van der Waals surface area contributed by atoms with Crippen molar-refractivity contribution < 1.29 is 5.11 Å². The summed E-state index contributed by atoms with van der Waals surface area (Å²) in [6, 6.07) is 0. The van der Waals surface area contributed by atoms with Crippen molar-refractivity contribution in [3.63, 3.8) is 0 Å². The molecule has 82 valence electrons. The van der Waals surface area contributed by atoms with Gasteiger partial charge in [0.1, 0.15) is 0 Å². The van der Waals surface area contributed by atoms with Crippen LogP contribution in [-0.4, -0.2) is 11.2 Å². The molecule has 0 amide bonds. The average molecular weight is 196 g/mol. The van der Waals surface area contributed by atoms with Gasteiger partial charge in [-0.05, 0) is 50.9 Å². The zero-order valence-corrected chi connectivity index (χ0v) is 9.79. The van der Waals surface area contributed by atoms with Crippen molar-refractivity contribution in [1.82, 2.24) is 0 Å². The van der Waals surface area contributed by atoms with Crippen LogP contribution in [0.3, 0.4) is 0 Å². The normalized spacial score (nSPS) is 26.9. The van der Waals surface area contributed by atoms with Crippen LogP contribution in [0.25, 0.3) is 0 Å². The highest BCUT2D eigenvalue weighted by molar-refractivity contribution is 5.03. The van der Waals surface area contributed by atoms with E-state index < -0.39 is 0 Å². The maximum absolute atomic E-state index is 9.60. The summed E-state index contributed by atoms with van der Waals surface area (Å²) in [4.78, 5) is 0. The van der Waals surface area contributed by atoms with Crippen LogP contribution in [0.4, 0.5) is 0 Å². The molecule has 1 nitrogen and oxygen atoms in total. The molecule has 1 aliphatic carbocycles. The molecule has 0 spiro atoms. The van der Waals surface area contributed by atoms with Gasteiger partial charge in [0.2, 0.25) is 0 Å². The maximum atomic E-state index is 9.60. The van der Waals surface area contributed by atoms with E-state index in [1.807, 2.05) is 0 Å². The number of hydrogen-bond donors (Lipinski definition) is 1. The lowest BCUT2D eigenvalue weighted by Gasteiger charge is -2.27. The fourth-order valence-corrected chi connectivity index (χ4v) is 2.29. The molecule has 0 saturated carbocycles. The Labute approximate surface area is 88.2 Å². The molecule has 0 bridgehead atoms. The van der Waals surface area contributed by atoms with E-state index in [9.17, 15) is 5.11 Å². The molecule has 0 aromatic carbocycles. The fourth-order valence-electron chi connectivity index (χ4n) is 2.29. The number of allylic oxidation sites excluding steroid dienone is 2. The van der Waals surface area contributed by atoms with Gasteiger partial charge in [-0.3, -0.25) is 0 Å². The standard InChI is InChI=1S/C13H24O/c1-4-13(14)9-11(3)12-7-5-10(2)6-8-12/h5,11-14H,4,6-9H2,1-3H3. The Bertz CT molecular complexity index is 195. The van der Waals surface area contributed by atoms with Gasteiger partial charge >= 0.3 is 0 Å². The molecular formula is C13H24O. The molecule has 1 aliphatic rings. The molecule has 0 aliphatic heterocycles. The highest BCUT2D eigenvalue weighted by Gasteiger charge is 2.20. The lowest BCUT2D eigenvalue weighted by Crippen LogP contribution is -2.19. The minimum Gasteiger partial charge on any atom is -0.393 e. The summed E-state index contributed by atoms with van der Waals surface area (Å²) in [7, 11) is 0. The largest absolute Gasteiger partial charge is 0.393 e. The SMILES string of the molecule is CCC(O)CC(C)C1CC=C(C)CC1. The monoisotopic (exact) mass is 196 g/mol. The van der Waals surface area contributed by atoms with Gasteiger partial charge in [-0.25, -0.2) is 0 Å². The van der Waals surface area contributed by atoms with Gasteiger partial charge in [-0.2, -0.15) is 0 Å². The molecule has 3 unspecified atom stereocenters. The molecule has 0 aromatic heterocycles. The van der Waals surface area contributed by atoms with E-state index in [4.69, 9.17) is 0 Å². The summed E-state index contributed by atoms with van der Waals surface area (Å²) in [5.41, 5.74) is 1.55. The van der Waals surface area contributed by atoms with Crippen LogP contribution in [0, 0.1) is 11.8 Å². The third-order valence-electron chi connectivity index (χ3n) is 3.60. The Morgan fingerprint density at radius 2 is 2.29 bits per heavy atom. The fraction of sp³-hybridized carbons (Fsp3) is 0.846. The highest BCUT2D eigenvalue weighted by atomic mass is 16.3. The molecule has 0 heterocycles. The Kier molecular flexibility index (Phi) is 4.67. The number of aliphatic hydroxyl groups is 1. The van der Waals surface area contributed by atoms with E-state index in [-0.39, 0.29) is 6.10 Å². The van der Waals surface area contributed by atoms with E-state index in [2.05, 4.69) is 26.8 Å². The molecule has 3 atom stereocenters. The summed E-state index contributed by atoms with van der Waals surface area (Å²) in [5, 5.41) is 9.60. The summed E-state index contributed by atoms with van der Waals surface area (Å²) >= 11 is 0. The smallest absolute Gasteiger partial charge is 0.0540 e. The lowest BCUT2D eigenvalue weighted by atomic mass is 9.79. The lowest BCUT2D eigenvalue weighted by molar-refractivity contribution is 0.123. The Morgan fingerprint density at radius 1 is 1.57 bits per heavy atom. The quantitative estimate of drug-likeness (QED) is 0.682. The van der Waals surface area contributed by atoms with Crippen molar-refractivity contribution in [2.24, 2.45) is 11.8 Å². The predicted molar refractivity (Wildman–Crippen MR) is 61.2 cm³/mol. The first-order valence-electron chi connectivity index (χ1n) is 5.97. The van der Waals surface area contributed by atoms with E-state index in [0.717, 1.165) is 18.8 Å². The van der Waals surface area contributed by atoms with Gasteiger partial charge in [-0.1, -0.05) is 25.5 Å². The van der Waals surface area contributed by atoms with Crippen molar-refractivity contribution in [1.29, 1.82) is 0 Å². The van der Waals surface area contributed by atoms with Crippen LogP contribution in [0.1, 0.15) is 52.9 Å².